The number of ether oxygens (including phenoxy) is 1. The predicted molar refractivity (Wildman–Crippen MR) is 100 cm³/mol. The van der Waals surface area contributed by atoms with Gasteiger partial charge < -0.3 is 9.84 Å². The van der Waals surface area contributed by atoms with Crippen molar-refractivity contribution in [1.82, 2.24) is 0 Å². The fraction of sp³-hybridized carbons (Fsp3) is 0.870. The molecule has 1 N–H and O–H groups in total. The van der Waals surface area contributed by atoms with Gasteiger partial charge in [-0.3, -0.25) is 0 Å². The van der Waals surface area contributed by atoms with Crippen LogP contribution in [0.5, 0.6) is 0 Å². The van der Waals surface area contributed by atoms with E-state index in [9.17, 15) is 9.90 Å². The summed E-state index contributed by atoms with van der Waals surface area (Å²) in [6.07, 6.45) is 11.2. The molecule has 1 saturated heterocycles. The second-order valence-electron chi connectivity index (χ2n) is 10.7. The first-order valence-corrected chi connectivity index (χ1v) is 10.9. The SMILES string of the molecule is C=C1CC2(CCC3C4CCC5CC(O)CCC5(C)C4CCC32C)OC1=O. The minimum Gasteiger partial charge on any atom is -0.455 e. The number of aliphatic hydroxyl groups excluding tert-OH is 1. The molecule has 144 valence electrons. The van der Waals surface area contributed by atoms with E-state index in [1.165, 1.54) is 38.5 Å². The van der Waals surface area contributed by atoms with Gasteiger partial charge in [0.1, 0.15) is 5.60 Å². The second kappa shape index (κ2) is 5.37. The highest BCUT2D eigenvalue weighted by molar-refractivity contribution is 5.90. The molecule has 1 aliphatic heterocycles. The fourth-order valence-corrected chi connectivity index (χ4v) is 8.49. The summed E-state index contributed by atoms with van der Waals surface area (Å²) in [5.74, 6) is 2.81. The van der Waals surface area contributed by atoms with Crippen molar-refractivity contribution in [2.24, 2.45) is 34.5 Å². The Kier molecular flexibility index (Phi) is 3.57. The van der Waals surface area contributed by atoms with Crippen LogP contribution in [-0.2, 0) is 9.53 Å². The second-order valence-corrected chi connectivity index (χ2v) is 10.7. The van der Waals surface area contributed by atoms with Crippen molar-refractivity contribution in [3.8, 4) is 0 Å². The van der Waals surface area contributed by atoms with Crippen molar-refractivity contribution in [2.75, 3.05) is 0 Å². The van der Waals surface area contributed by atoms with Crippen molar-refractivity contribution in [3.05, 3.63) is 12.2 Å². The molecule has 5 aliphatic rings. The average Bonchev–Trinajstić information content (AvgIpc) is 3.05. The molecule has 8 unspecified atom stereocenters. The molecular weight excluding hydrogens is 324 g/mol. The smallest absolute Gasteiger partial charge is 0.334 e. The highest BCUT2D eigenvalue weighted by Gasteiger charge is 2.68. The number of fused-ring (bicyclic) bond motifs is 6. The maximum Gasteiger partial charge on any atom is 0.334 e. The van der Waals surface area contributed by atoms with Gasteiger partial charge in [-0.1, -0.05) is 20.4 Å². The van der Waals surface area contributed by atoms with Crippen LogP contribution in [0.25, 0.3) is 0 Å². The summed E-state index contributed by atoms with van der Waals surface area (Å²) < 4.78 is 6.05. The largest absolute Gasteiger partial charge is 0.455 e. The zero-order valence-corrected chi connectivity index (χ0v) is 16.4. The molecular formula is C23H34O3. The molecule has 0 aromatic heterocycles. The highest BCUT2D eigenvalue weighted by atomic mass is 16.6. The zero-order chi connectivity index (χ0) is 18.3. The van der Waals surface area contributed by atoms with E-state index >= 15 is 0 Å². The first-order valence-electron chi connectivity index (χ1n) is 10.9. The Morgan fingerprint density at radius 2 is 1.81 bits per heavy atom. The van der Waals surface area contributed by atoms with Crippen LogP contribution in [0.4, 0.5) is 0 Å². The summed E-state index contributed by atoms with van der Waals surface area (Å²) in [6.45, 7) is 8.93. The molecule has 26 heavy (non-hydrogen) atoms. The van der Waals surface area contributed by atoms with Crippen molar-refractivity contribution < 1.29 is 14.6 Å². The van der Waals surface area contributed by atoms with Crippen molar-refractivity contribution in [2.45, 2.75) is 89.8 Å². The van der Waals surface area contributed by atoms with E-state index in [0.717, 1.165) is 37.5 Å². The lowest BCUT2D eigenvalue weighted by atomic mass is 9.44. The van der Waals surface area contributed by atoms with Crippen LogP contribution in [0.15, 0.2) is 12.2 Å². The number of hydrogen-bond donors (Lipinski definition) is 1. The maximum atomic E-state index is 12.2. The molecule has 5 rings (SSSR count). The fourth-order valence-electron chi connectivity index (χ4n) is 8.49. The van der Waals surface area contributed by atoms with E-state index in [1.54, 1.807) is 0 Å². The molecule has 0 aromatic rings. The van der Waals surface area contributed by atoms with Crippen molar-refractivity contribution in [3.63, 3.8) is 0 Å². The number of carbonyl (C=O) groups excluding carboxylic acids is 1. The molecule has 0 bridgehead atoms. The minimum absolute atomic E-state index is 0.0721. The number of carbonyl (C=O) groups is 1. The van der Waals surface area contributed by atoms with Gasteiger partial charge in [-0.2, -0.15) is 0 Å². The van der Waals surface area contributed by atoms with E-state index in [-0.39, 0.29) is 23.1 Å². The quantitative estimate of drug-likeness (QED) is 0.507. The predicted octanol–water partition coefficient (Wildman–Crippen LogP) is 4.63. The van der Waals surface area contributed by atoms with Crippen LogP contribution in [0.1, 0.15) is 78.1 Å². The monoisotopic (exact) mass is 358 g/mol. The topological polar surface area (TPSA) is 46.5 Å². The molecule has 4 saturated carbocycles. The lowest BCUT2D eigenvalue weighted by Gasteiger charge is -2.61. The van der Waals surface area contributed by atoms with Crippen LogP contribution < -0.4 is 0 Å². The van der Waals surface area contributed by atoms with Crippen LogP contribution in [0.3, 0.4) is 0 Å². The van der Waals surface area contributed by atoms with Crippen molar-refractivity contribution >= 4 is 5.97 Å². The molecule has 5 fully saturated rings. The summed E-state index contributed by atoms with van der Waals surface area (Å²) in [5.41, 5.74) is 0.957. The number of aliphatic hydroxyl groups is 1. The molecule has 3 heteroatoms. The molecule has 3 nitrogen and oxygen atoms in total. The highest BCUT2D eigenvalue weighted by Crippen LogP contribution is 2.70. The summed E-state index contributed by atoms with van der Waals surface area (Å²) in [4.78, 5) is 12.2. The maximum absolute atomic E-state index is 12.2. The minimum atomic E-state index is -0.267. The number of esters is 1. The normalized spacial score (nSPS) is 56.0. The van der Waals surface area contributed by atoms with Gasteiger partial charge in [-0.25, -0.2) is 4.79 Å². The Hall–Kier alpha value is -0.830. The Balaban J connectivity index is 1.45. The molecule has 0 aromatic carbocycles. The van der Waals surface area contributed by atoms with Gasteiger partial charge in [0.05, 0.1) is 6.10 Å². The van der Waals surface area contributed by atoms with E-state index in [1.807, 2.05) is 0 Å². The molecule has 8 atom stereocenters. The van der Waals surface area contributed by atoms with E-state index in [4.69, 9.17) is 4.74 Å². The Bertz CT molecular complexity index is 638. The first-order chi connectivity index (χ1) is 12.3. The molecule has 0 radical (unpaired) electrons. The number of rotatable bonds is 0. The Labute approximate surface area is 157 Å². The van der Waals surface area contributed by atoms with E-state index in [2.05, 4.69) is 20.4 Å². The van der Waals surface area contributed by atoms with Gasteiger partial charge in [-0.05, 0) is 86.9 Å². The Morgan fingerprint density at radius 1 is 1.04 bits per heavy atom. The summed E-state index contributed by atoms with van der Waals surface area (Å²) >= 11 is 0. The summed E-state index contributed by atoms with van der Waals surface area (Å²) in [7, 11) is 0. The van der Waals surface area contributed by atoms with Gasteiger partial charge in [0, 0.05) is 17.4 Å². The van der Waals surface area contributed by atoms with E-state index < -0.39 is 0 Å². The Morgan fingerprint density at radius 3 is 2.54 bits per heavy atom. The van der Waals surface area contributed by atoms with Crippen molar-refractivity contribution in [1.29, 1.82) is 0 Å². The molecule has 1 heterocycles. The molecule has 1 spiro atoms. The van der Waals surface area contributed by atoms with E-state index in [0.29, 0.717) is 22.8 Å². The standard InChI is InChI=1S/C23H34O3/c1-14-13-23(26-20(14)25)11-8-19-17-5-4-15-12-16(24)6-9-21(15,2)18(17)7-10-22(19,23)3/h15-19,24H,1,4-13H2,2-3H3. The molecule has 0 amide bonds. The van der Waals surface area contributed by atoms with Crippen LogP contribution in [0, 0.1) is 34.5 Å². The third kappa shape index (κ3) is 2.02. The summed E-state index contributed by atoms with van der Waals surface area (Å²) in [6, 6.07) is 0. The number of hydrogen-bond acceptors (Lipinski definition) is 3. The zero-order valence-electron chi connectivity index (χ0n) is 16.4. The van der Waals surface area contributed by atoms with Crippen LogP contribution in [0.2, 0.25) is 0 Å². The summed E-state index contributed by atoms with van der Waals surface area (Å²) in [5, 5.41) is 10.2. The lowest BCUT2D eigenvalue weighted by molar-refractivity contribution is -0.176. The van der Waals surface area contributed by atoms with Gasteiger partial charge in [0.25, 0.3) is 0 Å². The van der Waals surface area contributed by atoms with Gasteiger partial charge in [0.15, 0.2) is 0 Å². The molecule has 4 aliphatic carbocycles. The third-order valence-electron chi connectivity index (χ3n) is 10.0. The van der Waals surface area contributed by atoms with Gasteiger partial charge in [0.2, 0.25) is 0 Å². The third-order valence-corrected chi connectivity index (χ3v) is 10.0. The van der Waals surface area contributed by atoms with Gasteiger partial charge >= 0.3 is 5.97 Å². The average molecular weight is 359 g/mol. The van der Waals surface area contributed by atoms with Crippen LogP contribution >= 0.6 is 0 Å². The van der Waals surface area contributed by atoms with Gasteiger partial charge in [-0.15, -0.1) is 0 Å². The lowest BCUT2D eigenvalue weighted by Crippen LogP contribution is -2.56. The first kappa shape index (κ1) is 17.3. The van der Waals surface area contributed by atoms with Crippen LogP contribution in [-0.4, -0.2) is 22.8 Å².